The van der Waals surface area contributed by atoms with Gasteiger partial charge in [0.2, 0.25) is 0 Å². The number of aliphatic hydroxyl groups is 1. The monoisotopic (exact) mass is 437 g/mol. The maximum Gasteiger partial charge on any atom is 0.169 e. The van der Waals surface area contributed by atoms with Crippen LogP contribution in [0.4, 0.5) is 0 Å². The summed E-state index contributed by atoms with van der Waals surface area (Å²) >= 11 is 6.02. The first-order chi connectivity index (χ1) is 13.5. The fraction of sp³-hybridized carbons (Fsp3) is 0.435. The molecule has 0 heterocycles. The number of carbonyl (C=O) groups excluding carboxylic acids is 1. The molecule has 0 spiro atoms. The van der Waals surface area contributed by atoms with Gasteiger partial charge in [-0.1, -0.05) is 36.7 Å². The highest BCUT2D eigenvalue weighted by molar-refractivity contribution is 6.30. The minimum Gasteiger partial charge on any atom is -0.486 e. The number of Topliss-reactive ketones (excluding diaryl/α,β-unsaturated/α-hetero) is 1. The van der Waals surface area contributed by atoms with E-state index < -0.39 is 6.10 Å². The van der Waals surface area contributed by atoms with Crippen LogP contribution in [0.25, 0.3) is 0 Å². The molecular weight excluding hydrogens is 409 g/mol. The van der Waals surface area contributed by atoms with E-state index in [0.717, 1.165) is 37.0 Å². The van der Waals surface area contributed by atoms with E-state index in [-0.39, 0.29) is 24.8 Å². The van der Waals surface area contributed by atoms with E-state index in [1.165, 1.54) is 11.1 Å². The van der Waals surface area contributed by atoms with Gasteiger partial charge in [0.25, 0.3) is 0 Å². The largest absolute Gasteiger partial charge is 0.486 e. The summed E-state index contributed by atoms with van der Waals surface area (Å²) < 4.78 is 5.65. The average molecular weight is 438 g/mol. The molecule has 1 unspecified atom stereocenters. The molecule has 0 bridgehead atoms. The van der Waals surface area contributed by atoms with E-state index in [2.05, 4.69) is 17.4 Å². The Labute approximate surface area is 184 Å². The molecule has 0 aromatic heterocycles. The predicted octanol–water partition coefficient (Wildman–Crippen LogP) is 4.69. The van der Waals surface area contributed by atoms with Gasteiger partial charge in [-0.05, 0) is 66.6 Å². The number of hydrogen-bond acceptors (Lipinski definition) is 4. The molecule has 2 aromatic carbocycles. The van der Waals surface area contributed by atoms with Gasteiger partial charge in [-0.15, -0.1) is 12.4 Å². The summed E-state index contributed by atoms with van der Waals surface area (Å²) in [4.78, 5) is 11.5. The molecule has 6 heteroatoms. The Morgan fingerprint density at radius 1 is 1.28 bits per heavy atom. The third-order valence-corrected chi connectivity index (χ3v) is 5.51. The number of hydrogen-bond donors (Lipinski definition) is 2. The molecule has 2 atom stereocenters. The van der Waals surface area contributed by atoms with Crippen molar-refractivity contribution in [3.63, 3.8) is 0 Å². The third kappa shape index (κ3) is 7.00. The quantitative estimate of drug-likeness (QED) is 0.588. The second-order valence-electron chi connectivity index (χ2n) is 7.38. The number of aryl methyl sites for hydroxylation is 1. The zero-order valence-corrected chi connectivity index (χ0v) is 18.3. The molecule has 0 saturated carbocycles. The standard InChI is InChI=1S/C23H28ClNO3.ClH/c1-2-21(26)15-28-22-10-9-16-5-4-8-20(12-18(16)13-22)25-14-23(27)17-6-3-7-19(24)11-17;/h3,6-7,9-11,13,20,23,25,27H,2,4-5,8,12,14-15H2,1H3;1H/t20?,23-;/m0./s1. The molecule has 0 aliphatic heterocycles. The maximum atomic E-state index is 11.5. The number of carbonyl (C=O) groups is 1. The van der Waals surface area contributed by atoms with Gasteiger partial charge in [0.05, 0.1) is 6.10 Å². The van der Waals surface area contributed by atoms with E-state index in [9.17, 15) is 9.90 Å². The summed E-state index contributed by atoms with van der Waals surface area (Å²) in [6, 6.07) is 13.8. The molecule has 1 aliphatic carbocycles. The first kappa shape index (κ1) is 23.7. The summed E-state index contributed by atoms with van der Waals surface area (Å²) in [5.74, 6) is 0.852. The lowest BCUT2D eigenvalue weighted by Gasteiger charge is -2.20. The van der Waals surface area contributed by atoms with Crippen molar-refractivity contribution in [3.05, 3.63) is 64.2 Å². The normalized spacial score (nSPS) is 16.9. The molecule has 0 radical (unpaired) electrons. The first-order valence-corrected chi connectivity index (χ1v) is 10.4. The van der Waals surface area contributed by atoms with Crippen LogP contribution in [-0.2, 0) is 17.6 Å². The van der Waals surface area contributed by atoms with Crippen LogP contribution in [0.3, 0.4) is 0 Å². The topological polar surface area (TPSA) is 58.6 Å². The summed E-state index contributed by atoms with van der Waals surface area (Å²) in [6.45, 7) is 2.46. The van der Waals surface area contributed by atoms with Crippen molar-refractivity contribution in [2.75, 3.05) is 13.2 Å². The van der Waals surface area contributed by atoms with Gasteiger partial charge in [0.1, 0.15) is 12.4 Å². The van der Waals surface area contributed by atoms with Gasteiger partial charge in [-0.25, -0.2) is 0 Å². The highest BCUT2D eigenvalue weighted by Crippen LogP contribution is 2.26. The molecule has 2 N–H and O–H groups in total. The molecule has 0 amide bonds. The van der Waals surface area contributed by atoms with Crippen LogP contribution in [0.5, 0.6) is 5.75 Å². The number of ketones is 1. The van der Waals surface area contributed by atoms with Crippen molar-refractivity contribution in [2.45, 2.75) is 51.2 Å². The SMILES string of the molecule is CCC(=O)COc1ccc2c(c1)CC(NC[C@H](O)c1cccc(Cl)c1)CCC2.Cl. The number of nitrogens with one attached hydrogen (secondary N) is 1. The highest BCUT2D eigenvalue weighted by Gasteiger charge is 2.19. The number of ether oxygens (including phenoxy) is 1. The van der Waals surface area contributed by atoms with Gasteiger partial charge in [0, 0.05) is 24.0 Å². The Hall–Kier alpha value is -1.59. The summed E-state index contributed by atoms with van der Waals surface area (Å²) in [6.07, 6.45) is 3.99. The Kier molecular flexibility index (Phi) is 9.44. The van der Waals surface area contributed by atoms with Crippen molar-refractivity contribution in [1.82, 2.24) is 5.32 Å². The zero-order valence-electron chi connectivity index (χ0n) is 16.7. The smallest absolute Gasteiger partial charge is 0.169 e. The minimum absolute atomic E-state index is 0. The molecule has 158 valence electrons. The molecule has 1 aliphatic rings. The van der Waals surface area contributed by atoms with Crippen LogP contribution in [-0.4, -0.2) is 30.1 Å². The molecule has 2 aromatic rings. The number of halogens is 2. The zero-order chi connectivity index (χ0) is 19.9. The van der Waals surface area contributed by atoms with Gasteiger partial charge < -0.3 is 15.2 Å². The predicted molar refractivity (Wildman–Crippen MR) is 119 cm³/mol. The summed E-state index contributed by atoms with van der Waals surface area (Å²) in [7, 11) is 0. The van der Waals surface area contributed by atoms with Crippen molar-refractivity contribution >= 4 is 29.8 Å². The van der Waals surface area contributed by atoms with Gasteiger partial charge >= 0.3 is 0 Å². The Balaban J connectivity index is 0.00000300. The lowest BCUT2D eigenvalue weighted by molar-refractivity contribution is -0.120. The number of aliphatic hydroxyl groups excluding tert-OH is 1. The van der Waals surface area contributed by atoms with Crippen LogP contribution in [0.2, 0.25) is 5.02 Å². The number of benzene rings is 2. The summed E-state index contributed by atoms with van der Waals surface area (Å²) in [5, 5.41) is 14.6. The van der Waals surface area contributed by atoms with E-state index >= 15 is 0 Å². The van der Waals surface area contributed by atoms with Crippen molar-refractivity contribution in [1.29, 1.82) is 0 Å². The minimum atomic E-state index is -0.587. The molecule has 0 saturated heterocycles. The van der Waals surface area contributed by atoms with Crippen LogP contribution >= 0.6 is 24.0 Å². The van der Waals surface area contributed by atoms with Crippen molar-refractivity contribution < 1.29 is 14.6 Å². The summed E-state index contributed by atoms with van der Waals surface area (Å²) in [5.41, 5.74) is 3.42. The highest BCUT2D eigenvalue weighted by atomic mass is 35.5. The second-order valence-corrected chi connectivity index (χ2v) is 7.82. The fourth-order valence-electron chi connectivity index (χ4n) is 3.58. The average Bonchev–Trinajstić information content (AvgIpc) is 2.91. The fourth-order valence-corrected chi connectivity index (χ4v) is 3.78. The molecule has 4 nitrogen and oxygen atoms in total. The molecule has 0 fully saturated rings. The third-order valence-electron chi connectivity index (χ3n) is 5.27. The Bertz CT molecular complexity index is 812. The van der Waals surface area contributed by atoms with Crippen LogP contribution in [0, 0.1) is 0 Å². The number of rotatable bonds is 8. The molecular formula is C23H29Cl2NO3. The Morgan fingerprint density at radius 2 is 2.10 bits per heavy atom. The van der Waals surface area contributed by atoms with Crippen molar-refractivity contribution in [3.8, 4) is 5.75 Å². The Morgan fingerprint density at radius 3 is 2.86 bits per heavy atom. The van der Waals surface area contributed by atoms with E-state index in [0.29, 0.717) is 24.0 Å². The van der Waals surface area contributed by atoms with Gasteiger partial charge in [-0.3, -0.25) is 4.79 Å². The van der Waals surface area contributed by atoms with E-state index in [4.69, 9.17) is 16.3 Å². The number of fused-ring (bicyclic) bond motifs is 1. The maximum absolute atomic E-state index is 11.5. The van der Waals surface area contributed by atoms with E-state index in [1.807, 2.05) is 25.1 Å². The van der Waals surface area contributed by atoms with Gasteiger partial charge in [0.15, 0.2) is 5.78 Å². The van der Waals surface area contributed by atoms with Crippen LogP contribution in [0.1, 0.15) is 49.0 Å². The van der Waals surface area contributed by atoms with E-state index in [1.54, 1.807) is 12.1 Å². The molecule has 29 heavy (non-hydrogen) atoms. The lowest BCUT2D eigenvalue weighted by Crippen LogP contribution is -2.34. The molecule has 3 rings (SSSR count). The van der Waals surface area contributed by atoms with Crippen LogP contribution in [0.15, 0.2) is 42.5 Å². The van der Waals surface area contributed by atoms with Gasteiger partial charge in [-0.2, -0.15) is 0 Å². The van der Waals surface area contributed by atoms with Crippen molar-refractivity contribution in [2.24, 2.45) is 0 Å². The first-order valence-electron chi connectivity index (χ1n) is 9.98. The lowest BCUT2D eigenvalue weighted by atomic mass is 10.0. The van der Waals surface area contributed by atoms with Crippen LogP contribution < -0.4 is 10.1 Å². The second kappa shape index (κ2) is 11.6.